The van der Waals surface area contributed by atoms with Gasteiger partial charge in [-0.25, -0.2) is 9.11 Å². The molecule has 5 rings (SSSR count). The molecule has 2 amide bonds. The SMILES string of the molecule is NCCCP(=O)([O-])OP(=O)([O-])OP(=O)([O-])OC[C@H]1O[C@@H](N2C=C3C=C(c4ccc5ccccc5c4)OC3NC2=O)C(O)[C@H]1O. The summed E-state index contributed by atoms with van der Waals surface area (Å²) in [6, 6.07) is 12.6. The Morgan fingerprint density at radius 3 is 2.45 bits per heavy atom. The number of nitrogens with zero attached hydrogens (tertiary/aromatic N) is 1. The highest BCUT2D eigenvalue weighted by Gasteiger charge is 2.49. The minimum atomic E-state index is -5.96. The summed E-state index contributed by atoms with van der Waals surface area (Å²) in [7, 11) is -16.8. The Labute approximate surface area is 250 Å². The molecule has 3 aliphatic heterocycles. The van der Waals surface area contributed by atoms with Crippen LogP contribution in [0.4, 0.5) is 4.79 Å². The summed E-state index contributed by atoms with van der Waals surface area (Å²) in [4.78, 5) is 49.4. The summed E-state index contributed by atoms with van der Waals surface area (Å²) in [5, 5.41) is 25.6. The van der Waals surface area contributed by atoms with Gasteiger partial charge in [0.2, 0.25) is 6.23 Å². The van der Waals surface area contributed by atoms with Crippen LogP contribution < -0.4 is 25.7 Å². The van der Waals surface area contributed by atoms with E-state index in [0.717, 1.165) is 21.2 Å². The van der Waals surface area contributed by atoms with E-state index in [1.165, 1.54) is 6.20 Å². The van der Waals surface area contributed by atoms with Gasteiger partial charge in [-0.05, 0) is 35.9 Å². The Kier molecular flexibility index (Phi) is 9.53. The highest BCUT2D eigenvalue weighted by atomic mass is 31.3. The molecule has 240 valence electrons. The number of phosphoric acid groups is 2. The van der Waals surface area contributed by atoms with Gasteiger partial charge in [0.05, 0.1) is 6.61 Å². The fraction of sp³-hybridized carbons (Fsp3) is 0.375. The van der Waals surface area contributed by atoms with Gasteiger partial charge >= 0.3 is 6.03 Å². The third-order valence-electron chi connectivity index (χ3n) is 6.73. The number of aliphatic hydroxyl groups excluding tert-OH is 2. The maximum atomic E-state index is 12.9. The number of hydrogen-bond donors (Lipinski definition) is 4. The smallest absolute Gasteiger partial charge is 0.326 e. The van der Waals surface area contributed by atoms with Crippen molar-refractivity contribution in [3.63, 3.8) is 0 Å². The molecule has 3 aliphatic rings. The number of benzene rings is 2. The first kappa shape index (κ1) is 32.9. The number of fused-ring (bicyclic) bond motifs is 2. The van der Waals surface area contributed by atoms with Crippen molar-refractivity contribution in [3.8, 4) is 0 Å². The number of phosphoric ester groups is 1. The van der Waals surface area contributed by atoms with Crippen LogP contribution in [0.15, 0.2) is 60.3 Å². The summed E-state index contributed by atoms with van der Waals surface area (Å²) in [6.07, 6.45) is -5.49. The monoisotopic (exact) mass is 674 g/mol. The number of nitrogens with one attached hydrogen (secondary N) is 1. The maximum absolute atomic E-state index is 12.9. The van der Waals surface area contributed by atoms with E-state index in [-0.39, 0.29) is 13.0 Å². The lowest BCUT2D eigenvalue weighted by Gasteiger charge is -2.35. The molecule has 17 nitrogen and oxygen atoms in total. The van der Waals surface area contributed by atoms with Gasteiger partial charge < -0.3 is 49.2 Å². The average molecular weight is 674 g/mol. The maximum Gasteiger partial charge on any atom is 0.326 e. The second-order valence-electron chi connectivity index (χ2n) is 9.93. The molecule has 1 fully saturated rings. The molecule has 2 aromatic carbocycles. The Balaban J connectivity index is 1.23. The molecule has 0 radical (unpaired) electrons. The topological polar surface area (TPSA) is 265 Å². The zero-order valence-electron chi connectivity index (χ0n) is 22.6. The molecule has 3 heterocycles. The van der Waals surface area contributed by atoms with Crippen LogP contribution >= 0.6 is 23.2 Å². The summed E-state index contributed by atoms with van der Waals surface area (Å²) >= 11 is 0. The molecule has 0 aliphatic carbocycles. The quantitative estimate of drug-likeness (QED) is 0.212. The van der Waals surface area contributed by atoms with Gasteiger partial charge in [0.25, 0.3) is 15.6 Å². The number of carbonyl (C=O) groups excluding carboxylic acids is 1. The number of aliphatic hydroxyl groups is 2. The van der Waals surface area contributed by atoms with Crippen LogP contribution in [0.3, 0.4) is 0 Å². The van der Waals surface area contributed by atoms with Crippen molar-refractivity contribution < 1.29 is 66.0 Å². The highest BCUT2D eigenvalue weighted by Crippen LogP contribution is 2.62. The standard InChI is InChI=1S/C24H30N3O14P3/c25-8-3-9-42(31,32)40-44(35,36)41-43(33,34)37-13-19-20(28)21(29)23(39-19)27-12-17-11-18(38-22(17)26-24(27)30)16-7-6-14-4-1-2-5-15(14)10-16/h1-2,4-7,10-12,19-23,28-29H,3,8-9,13,25H2,(H,26,30)(H,31,32)(H,33,34)(H,35,36)/p-3/t19-,20+,21?,22?,23-/m1/s1. The van der Waals surface area contributed by atoms with Gasteiger partial charge in [-0.3, -0.25) is 23.7 Å². The van der Waals surface area contributed by atoms with E-state index in [2.05, 4.69) is 18.5 Å². The lowest BCUT2D eigenvalue weighted by molar-refractivity contribution is -0.246. The zero-order valence-corrected chi connectivity index (χ0v) is 25.3. The van der Waals surface area contributed by atoms with Gasteiger partial charge in [-0.1, -0.05) is 36.4 Å². The third kappa shape index (κ3) is 7.49. The van der Waals surface area contributed by atoms with Gasteiger partial charge in [-0.15, -0.1) is 0 Å². The second kappa shape index (κ2) is 12.7. The van der Waals surface area contributed by atoms with Crippen LogP contribution in [0, 0.1) is 0 Å². The van der Waals surface area contributed by atoms with Crippen molar-refractivity contribution in [1.29, 1.82) is 0 Å². The molecule has 8 atom stereocenters. The van der Waals surface area contributed by atoms with Crippen molar-refractivity contribution in [2.24, 2.45) is 5.73 Å². The Hall–Kier alpha value is -2.46. The van der Waals surface area contributed by atoms with E-state index in [1.54, 1.807) is 6.08 Å². The summed E-state index contributed by atoms with van der Waals surface area (Å²) in [5.74, 6) is 0.465. The van der Waals surface area contributed by atoms with E-state index in [4.69, 9.17) is 15.2 Å². The third-order valence-corrected chi connectivity index (χ3v) is 11.4. The molecule has 5 N–H and O–H groups in total. The van der Waals surface area contributed by atoms with Crippen molar-refractivity contribution in [2.45, 2.75) is 37.2 Å². The first-order valence-electron chi connectivity index (χ1n) is 13.1. The number of amides is 2. The molecule has 0 saturated carbocycles. The number of carbonyl (C=O) groups is 1. The first-order valence-corrected chi connectivity index (χ1v) is 17.7. The number of rotatable bonds is 12. The average Bonchev–Trinajstić information content (AvgIpc) is 3.48. The largest absolute Gasteiger partial charge is 0.778 e. The molecular formula is C24H27N3O14P3-3. The predicted octanol–water partition coefficient (Wildman–Crippen LogP) is -0.218. The molecular weight excluding hydrogens is 647 g/mol. The van der Waals surface area contributed by atoms with Crippen LogP contribution in [0.1, 0.15) is 12.0 Å². The molecule has 44 heavy (non-hydrogen) atoms. The molecule has 20 heteroatoms. The van der Waals surface area contributed by atoms with Gasteiger partial charge in [-0.2, -0.15) is 0 Å². The Morgan fingerprint density at radius 2 is 1.73 bits per heavy atom. The van der Waals surface area contributed by atoms with E-state index in [1.807, 2.05) is 42.5 Å². The van der Waals surface area contributed by atoms with Crippen molar-refractivity contribution in [1.82, 2.24) is 10.2 Å². The van der Waals surface area contributed by atoms with Crippen LogP contribution in [0.25, 0.3) is 16.5 Å². The Morgan fingerprint density at radius 1 is 1.00 bits per heavy atom. The summed E-state index contributed by atoms with van der Waals surface area (Å²) < 4.78 is 59.1. The fourth-order valence-corrected chi connectivity index (χ4v) is 8.66. The van der Waals surface area contributed by atoms with Gasteiger partial charge in [0.15, 0.2) is 6.23 Å². The van der Waals surface area contributed by atoms with E-state index < -0.39 is 72.8 Å². The van der Waals surface area contributed by atoms with Crippen LogP contribution in [-0.4, -0.2) is 71.2 Å². The number of urea groups is 1. The molecule has 2 aromatic rings. The molecule has 1 saturated heterocycles. The number of nitrogens with two attached hydrogens (primary N) is 1. The van der Waals surface area contributed by atoms with Crippen LogP contribution in [0.5, 0.6) is 0 Å². The summed E-state index contributed by atoms with van der Waals surface area (Å²) in [6.45, 7) is -1.19. The lowest BCUT2D eigenvalue weighted by Crippen LogP contribution is -2.54. The zero-order chi connectivity index (χ0) is 31.9. The van der Waals surface area contributed by atoms with Crippen molar-refractivity contribution in [2.75, 3.05) is 19.3 Å². The van der Waals surface area contributed by atoms with E-state index in [9.17, 15) is 43.4 Å². The fourth-order valence-electron chi connectivity index (χ4n) is 4.66. The van der Waals surface area contributed by atoms with Crippen molar-refractivity contribution in [3.05, 3.63) is 65.9 Å². The van der Waals surface area contributed by atoms with Crippen LogP contribution in [0.2, 0.25) is 0 Å². The van der Waals surface area contributed by atoms with Crippen molar-refractivity contribution >= 4 is 45.8 Å². The first-order chi connectivity index (χ1) is 20.7. The second-order valence-corrected chi connectivity index (χ2v) is 15.0. The lowest BCUT2D eigenvalue weighted by atomic mass is 10.1. The van der Waals surface area contributed by atoms with Gasteiger partial charge in [0.1, 0.15) is 31.7 Å². The predicted molar refractivity (Wildman–Crippen MR) is 145 cm³/mol. The normalized spacial score (nSPS) is 29.1. The minimum absolute atomic E-state index is 0.104. The Bertz CT molecular complexity index is 1640. The molecule has 0 aromatic heterocycles. The number of ether oxygens (including phenoxy) is 2. The summed E-state index contributed by atoms with van der Waals surface area (Å²) in [5.41, 5.74) is 6.38. The molecule has 0 bridgehead atoms. The minimum Gasteiger partial charge on any atom is -0.778 e. The number of hydrogen-bond acceptors (Lipinski definition) is 15. The van der Waals surface area contributed by atoms with E-state index in [0.29, 0.717) is 11.3 Å². The highest BCUT2D eigenvalue weighted by molar-refractivity contribution is 7.66. The van der Waals surface area contributed by atoms with E-state index >= 15 is 0 Å². The molecule has 0 spiro atoms. The molecule has 5 unspecified atom stereocenters. The van der Waals surface area contributed by atoms with Gasteiger partial charge in [0, 0.05) is 23.5 Å². The van der Waals surface area contributed by atoms with Crippen LogP contribution in [-0.2, 0) is 36.3 Å².